The molecule has 1 unspecified atom stereocenters. The summed E-state index contributed by atoms with van der Waals surface area (Å²) >= 11 is 3.38. The van der Waals surface area contributed by atoms with Crippen LogP contribution in [0.25, 0.3) is 10.9 Å². The molecule has 0 aliphatic rings. The second kappa shape index (κ2) is 3.92. The molecule has 0 saturated heterocycles. The van der Waals surface area contributed by atoms with Gasteiger partial charge in [0.15, 0.2) is 0 Å². The monoisotopic (exact) mass is 282 g/mol. The molecule has 2 aromatic rings. The van der Waals surface area contributed by atoms with E-state index in [2.05, 4.69) is 15.9 Å². The number of rotatable bonds is 2. The van der Waals surface area contributed by atoms with Crippen LogP contribution in [0.4, 0.5) is 0 Å². The van der Waals surface area contributed by atoms with Crippen LogP contribution in [0.3, 0.4) is 0 Å². The van der Waals surface area contributed by atoms with Crippen molar-refractivity contribution in [3.8, 4) is 0 Å². The minimum Gasteiger partial charge on any atom is -0.480 e. The van der Waals surface area contributed by atoms with Crippen molar-refractivity contribution in [2.24, 2.45) is 12.8 Å². The predicted molar refractivity (Wildman–Crippen MR) is 65.2 cm³/mol. The molecule has 3 N–H and O–H groups in total. The van der Waals surface area contributed by atoms with Gasteiger partial charge in [-0.1, -0.05) is 22.0 Å². The van der Waals surface area contributed by atoms with E-state index in [-0.39, 0.29) is 0 Å². The number of nitrogens with two attached hydrogens (primary N) is 1. The fourth-order valence-electron chi connectivity index (χ4n) is 1.77. The van der Waals surface area contributed by atoms with Gasteiger partial charge in [-0.3, -0.25) is 4.79 Å². The number of carbonyl (C=O) groups is 1. The molecule has 1 heterocycles. The van der Waals surface area contributed by atoms with Gasteiger partial charge in [0, 0.05) is 34.2 Å². The standard InChI is InChI=1S/C11H11BrN2O2/c1-14-5-8(10(13)11(15)16)7-3-2-6(12)4-9(7)14/h2-5,10H,13H2,1H3,(H,15,16). The lowest BCUT2D eigenvalue weighted by Crippen LogP contribution is -2.20. The zero-order valence-corrected chi connectivity index (χ0v) is 10.2. The Labute approximate surface area is 101 Å². The van der Waals surface area contributed by atoms with E-state index >= 15 is 0 Å². The van der Waals surface area contributed by atoms with Gasteiger partial charge in [-0.2, -0.15) is 0 Å². The average Bonchev–Trinajstić information content (AvgIpc) is 2.55. The summed E-state index contributed by atoms with van der Waals surface area (Å²) in [7, 11) is 1.87. The molecular formula is C11H11BrN2O2. The second-order valence-corrected chi connectivity index (χ2v) is 4.59. The maximum Gasteiger partial charge on any atom is 0.325 e. The van der Waals surface area contributed by atoms with Crippen molar-refractivity contribution in [1.82, 2.24) is 4.57 Å². The van der Waals surface area contributed by atoms with Gasteiger partial charge in [-0.15, -0.1) is 0 Å². The van der Waals surface area contributed by atoms with Gasteiger partial charge in [0.05, 0.1) is 0 Å². The first-order valence-corrected chi connectivity index (χ1v) is 5.53. The highest BCUT2D eigenvalue weighted by molar-refractivity contribution is 9.10. The normalized spacial score (nSPS) is 12.9. The van der Waals surface area contributed by atoms with E-state index in [4.69, 9.17) is 10.8 Å². The Bertz CT molecular complexity index is 562. The highest BCUT2D eigenvalue weighted by atomic mass is 79.9. The van der Waals surface area contributed by atoms with E-state index in [1.807, 2.05) is 29.8 Å². The smallest absolute Gasteiger partial charge is 0.325 e. The Hall–Kier alpha value is -1.33. The van der Waals surface area contributed by atoms with Crippen LogP contribution in [0.15, 0.2) is 28.9 Å². The van der Waals surface area contributed by atoms with Crippen molar-refractivity contribution >= 4 is 32.8 Å². The van der Waals surface area contributed by atoms with Crippen molar-refractivity contribution in [1.29, 1.82) is 0 Å². The molecule has 16 heavy (non-hydrogen) atoms. The molecule has 4 nitrogen and oxygen atoms in total. The number of aryl methyl sites for hydroxylation is 1. The number of halogens is 1. The summed E-state index contributed by atoms with van der Waals surface area (Å²) < 4.78 is 2.83. The maximum absolute atomic E-state index is 10.9. The van der Waals surface area contributed by atoms with Crippen molar-refractivity contribution in [2.75, 3.05) is 0 Å². The molecular weight excluding hydrogens is 272 g/mol. The topological polar surface area (TPSA) is 68.2 Å². The quantitative estimate of drug-likeness (QED) is 0.886. The van der Waals surface area contributed by atoms with Crippen LogP contribution < -0.4 is 5.73 Å². The van der Waals surface area contributed by atoms with Gasteiger partial charge in [0.25, 0.3) is 0 Å². The number of fused-ring (bicyclic) bond motifs is 1. The molecule has 2 rings (SSSR count). The third-order valence-corrected chi connectivity index (χ3v) is 3.08. The molecule has 84 valence electrons. The first-order valence-electron chi connectivity index (χ1n) is 4.73. The number of hydrogen-bond donors (Lipinski definition) is 2. The molecule has 0 radical (unpaired) electrons. The Morgan fingerprint density at radius 1 is 1.56 bits per heavy atom. The number of carboxylic acids is 1. The molecule has 0 aliphatic carbocycles. The first-order chi connectivity index (χ1) is 7.50. The minimum absolute atomic E-state index is 0.637. The highest BCUT2D eigenvalue weighted by Gasteiger charge is 2.19. The number of carboxylic acid groups (broad SMARTS) is 1. The zero-order chi connectivity index (χ0) is 11.9. The van der Waals surface area contributed by atoms with Crippen LogP contribution in [-0.4, -0.2) is 15.6 Å². The number of benzene rings is 1. The van der Waals surface area contributed by atoms with Crippen LogP contribution in [-0.2, 0) is 11.8 Å². The average molecular weight is 283 g/mol. The lowest BCUT2D eigenvalue weighted by molar-refractivity contribution is -0.138. The third-order valence-electron chi connectivity index (χ3n) is 2.58. The van der Waals surface area contributed by atoms with Crippen molar-refractivity contribution in [3.63, 3.8) is 0 Å². The first kappa shape index (κ1) is 11.2. The van der Waals surface area contributed by atoms with E-state index in [9.17, 15) is 4.79 Å². The van der Waals surface area contributed by atoms with E-state index in [0.29, 0.717) is 5.56 Å². The van der Waals surface area contributed by atoms with Crippen LogP contribution in [0.5, 0.6) is 0 Å². The molecule has 0 spiro atoms. The fraction of sp³-hybridized carbons (Fsp3) is 0.182. The third kappa shape index (κ3) is 1.72. The van der Waals surface area contributed by atoms with Crippen molar-refractivity contribution < 1.29 is 9.90 Å². The van der Waals surface area contributed by atoms with Gasteiger partial charge >= 0.3 is 5.97 Å². The van der Waals surface area contributed by atoms with Crippen LogP contribution in [0.1, 0.15) is 11.6 Å². The van der Waals surface area contributed by atoms with E-state index in [0.717, 1.165) is 15.4 Å². The summed E-state index contributed by atoms with van der Waals surface area (Å²) in [5, 5.41) is 9.79. The Morgan fingerprint density at radius 2 is 2.25 bits per heavy atom. The molecule has 0 bridgehead atoms. The molecule has 0 aliphatic heterocycles. The number of aromatic nitrogens is 1. The van der Waals surface area contributed by atoms with Crippen molar-refractivity contribution in [3.05, 3.63) is 34.4 Å². The number of aliphatic carboxylic acids is 1. The van der Waals surface area contributed by atoms with E-state index < -0.39 is 12.0 Å². The lowest BCUT2D eigenvalue weighted by atomic mass is 10.1. The van der Waals surface area contributed by atoms with Crippen LogP contribution in [0.2, 0.25) is 0 Å². The minimum atomic E-state index is -1.02. The summed E-state index contributed by atoms with van der Waals surface area (Å²) in [6, 6.07) is 4.70. The Morgan fingerprint density at radius 3 is 2.88 bits per heavy atom. The lowest BCUT2D eigenvalue weighted by Gasteiger charge is -2.04. The largest absolute Gasteiger partial charge is 0.480 e. The maximum atomic E-state index is 10.9. The van der Waals surface area contributed by atoms with Gasteiger partial charge in [0.2, 0.25) is 0 Å². The molecule has 0 fully saturated rings. The summed E-state index contributed by atoms with van der Waals surface area (Å²) in [5.74, 6) is -1.02. The number of nitrogens with zero attached hydrogens (tertiary/aromatic N) is 1. The molecule has 1 aromatic carbocycles. The summed E-state index contributed by atoms with van der Waals surface area (Å²) in [6.07, 6.45) is 1.76. The van der Waals surface area contributed by atoms with Gasteiger partial charge in [-0.25, -0.2) is 0 Å². The van der Waals surface area contributed by atoms with Crippen molar-refractivity contribution in [2.45, 2.75) is 6.04 Å². The highest BCUT2D eigenvalue weighted by Crippen LogP contribution is 2.27. The summed E-state index contributed by atoms with van der Waals surface area (Å²) in [6.45, 7) is 0. The number of hydrogen-bond acceptors (Lipinski definition) is 2. The summed E-state index contributed by atoms with van der Waals surface area (Å²) in [5.41, 5.74) is 7.23. The molecule has 0 saturated carbocycles. The Balaban J connectivity index is 2.68. The predicted octanol–water partition coefficient (Wildman–Crippen LogP) is 2.03. The molecule has 1 atom stereocenters. The Kier molecular flexibility index (Phi) is 2.73. The fourth-order valence-corrected chi connectivity index (χ4v) is 2.12. The molecule has 0 amide bonds. The van der Waals surface area contributed by atoms with Crippen LogP contribution in [0, 0.1) is 0 Å². The second-order valence-electron chi connectivity index (χ2n) is 3.67. The van der Waals surface area contributed by atoms with E-state index in [1.165, 1.54) is 0 Å². The SMILES string of the molecule is Cn1cc(C(N)C(=O)O)c2ccc(Br)cc21. The molecule has 1 aromatic heterocycles. The van der Waals surface area contributed by atoms with Gasteiger partial charge in [0.1, 0.15) is 6.04 Å². The van der Waals surface area contributed by atoms with Gasteiger partial charge < -0.3 is 15.4 Å². The zero-order valence-electron chi connectivity index (χ0n) is 8.64. The van der Waals surface area contributed by atoms with E-state index in [1.54, 1.807) is 6.20 Å². The van der Waals surface area contributed by atoms with Crippen LogP contribution >= 0.6 is 15.9 Å². The molecule has 5 heteroatoms. The summed E-state index contributed by atoms with van der Waals surface area (Å²) in [4.78, 5) is 10.9. The van der Waals surface area contributed by atoms with Gasteiger partial charge in [-0.05, 0) is 12.1 Å².